The van der Waals surface area contributed by atoms with E-state index >= 15 is 0 Å². The van der Waals surface area contributed by atoms with Crippen molar-refractivity contribution < 1.29 is 8.95 Å². The molecule has 0 fully saturated rings. The van der Waals surface area contributed by atoms with Crippen LogP contribution in [0.4, 0.5) is 0 Å². The maximum Gasteiger partial charge on any atom is 0.245 e. The van der Waals surface area contributed by atoms with Gasteiger partial charge in [0.1, 0.15) is 12.2 Å². The van der Waals surface area contributed by atoms with Crippen LogP contribution in [0.15, 0.2) is 6.33 Å². The number of hydrogen-bond donors (Lipinski definition) is 0. The molecule has 2 atom stereocenters. The molecule has 2 aromatic rings. The summed E-state index contributed by atoms with van der Waals surface area (Å²) in [5, 5.41) is 0.111. The summed E-state index contributed by atoms with van der Waals surface area (Å²) in [5.41, 5.74) is 1.30. The zero-order chi connectivity index (χ0) is 14.7. The summed E-state index contributed by atoms with van der Waals surface area (Å²) in [4.78, 5) is 12.7. The van der Waals surface area contributed by atoms with Gasteiger partial charge in [0.05, 0.1) is 13.0 Å². The predicted molar refractivity (Wildman–Crippen MR) is 79.6 cm³/mol. The van der Waals surface area contributed by atoms with Crippen molar-refractivity contribution in [2.75, 3.05) is 13.4 Å². The van der Waals surface area contributed by atoms with E-state index in [4.69, 9.17) is 16.3 Å². The molecule has 20 heavy (non-hydrogen) atoms. The summed E-state index contributed by atoms with van der Waals surface area (Å²) >= 11 is 5.94. The molecule has 0 amide bonds. The van der Waals surface area contributed by atoms with Gasteiger partial charge in [-0.2, -0.15) is 4.98 Å². The molecule has 0 aliphatic heterocycles. The number of rotatable bonds is 6. The fraction of sp³-hybridized carbons (Fsp3) is 0.583. The molecule has 0 saturated carbocycles. The van der Waals surface area contributed by atoms with Crippen LogP contribution in [-0.4, -0.2) is 42.3 Å². The number of fused-ring (bicyclic) bond motifs is 1. The zero-order valence-electron chi connectivity index (χ0n) is 11.7. The number of aromatic nitrogens is 4. The van der Waals surface area contributed by atoms with Crippen LogP contribution < -0.4 is 4.74 Å². The first kappa shape index (κ1) is 15.2. The normalized spacial score (nSPS) is 14.4. The van der Waals surface area contributed by atoms with E-state index < -0.39 is 10.8 Å². The van der Waals surface area contributed by atoms with E-state index in [1.165, 1.54) is 6.33 Å². The van der Waals surface area contributed by atoms with Gasteiger partial charge in [-0.1, -0.05) is 6.92 Å². The van der Waals surface area contributed by atoms with Gasteiger partial charge < -0.3 is 9.30 Å². The van der Waals surface area contributed by atoms with E-state index in [1.54, 1.807) is 13.4 Å². The molecule has 0 N–H and O–H groups in total. The second-order valence-electron chi connectivity index (χ2n) is 4.47. The molecule has 6 nitrogen and oxygen atoms in total. The molecule has 0 saturated heterocycles. The maximum atomic E-state index is 11.4. The first-order valence-electron chi connectivity index (χ1n) is 6.20. The van der Waals surface area contributed by atoms with Gasteiger partial charge in [-0.3, -0.25) is 4.21 Å². The number of alkyl halides is 1. The van der Waals surface area contributed by atoms with Crippen molar-refractivity contribution in [1.29, 1.82) is 0 Å². The Balaban J connectivity index is 2.38. The van der Waals surface area contributed by atoms with E-state index in [1.807, 2.05) is 11.5 Å². The lowest BCUT2D eigenvalue weighted by Crippen LogP contribution is -2.14. The first-order valence-corrected chi connectivity index (χ1v) is 8.36. The van der Waals surface area contributed by atoms with Crippen LogP contribution in [0.3, 0.4) is 0 Å². The molecule has 8 heteroatoms. The summed E-state index contributed by atoms with van der Waals surface area (Å²) in [6.07, 6.45) is 3.92. The lowest BCUT2D eigenvalue weighted by Gasteiger charge is -2.10. The summed E-state index contributed by atoms with van der Waals surface area (Å²) < 4.78 is 18.6. The fourth-order valence-electron chi connectivity index (χ4n) is 1.92. The Hall–Kier alpha value is -1.21. The number of nitrogens with zero attached hydrogens (tertiary/aromatic N) is 4. The standard InChI is InChI=1S/C12H17ClN4O2S/c1-8(20(3)18)4-5-17-9(6-13)16-10-11(17)14-7-15-12(10)19-2/h7-8H,4-6H2,1-3H3. The van der Waals surface area contributed by atoms with Crippen molar-refractivity contribution in [3.63, 3.8) is 0 Å². The van der Waals surface area contributed by atoms with Gasteiger partial charge in [-0.15, -0.1) is 11.6 Å². The second kappa shape index (κ2) is 6.49. The molecular formula is C12H17ClN4O2S. The van der Waals surface area contributed by atoms with Crippen LogP contribution in [0.2, 0.25) is 0 Å². The monoisotopic (exact) mass is 316 g/mol. The Labute approximate surface area is 125 Å². The number of methoxy groups -OCH3 is 1. The quantitative estimate of drug-likeness (QED) is 0.759. The van der Waals surface area contributed by atoms with Gasteiger partial charge >= 0.3 is 0 Å². The molecule has 0 aliphatic carbocycles. The topological polar surface area (TPSA) is 69.9 Å². The van der Waals surface area contributed by atoms with E-state index in [0.717, 1.165) is 12.2 Å². The zero-order valence-corrected chi connectivity index (χ0v) is 13.2. The largest absolute Gasteiger partial charge is 0.479 e. The third-order valence-corrected chi connectivity index (χ3v) is 4.82. The average molecular weight is 317 g/mol. The molecule has 2 unspecified atom stereocenters. The summed E-state index contributed by atoms with van der Waals surface area (Å²) in [7, 11) is 0.701. The molecule has 2 rings (SSSR count). The van der Waals surface area contributed by atoms with Crippen LogP contribution in [0.25, 0.3) is 11.2 Å². The van der Waals surface area contributed by atoms with E-state index in [0.29, 0.717) is 23.6 Å². The molecule has 2 aromatic heterocycles. The molecule has 0 radical (unpaired) electrons. The van der Waals surface area contributed by atoms with Crippen LogP contribution >= 0.6 is 11.6 Å². The van der Waals surface area contributed by atoms with Crippen LogP contribution in [0.5, 0.6) is 5.88 Å². The minimum atomic E-state index is -0.844. The van der Waals surface area contributed by atoms with Gasteiger partial charge in [0.25, 0.3) is 0 Å². The van der Waals surface area contributed by atoms with E-state index in [-0.39, 0.29) is 11.1 Å². The number of imidazole rings is 1. The van der Waals surface area contributed by atoms with Gasteiger partial charge in [0.2, 0.25) is 5.88 Å². The minimum absolute atomic E-state index is 0.111. The van der Waals surface area contributed by atoms with Crippen molar-refractivity contribution in [3.05, 3.63) is 12.2 Å². The highest BCUT2D eigenvalue weighted by Gasteiger charge is 2.16. The second-order valence-corrected chi connectivity index (χ2v) is 6.54. The lowest BCUT2D eigenvalue weighted by atomic mass is 10.3. The Morgan fingerprint density at radius 1 is 1.50 bits per heavy atom. The van der Waals surface area contributed by atoms with Crippen molar-refractivity contribution >= 4 is 33.6 Å². The van der Waals surface area contributed by atoms with Crippen molar-refractivity contribution in [2.45, 2.75) is 31.0 Å². The SMILES string of the molecule is COc1ncnc2c1nc(CCl)n2CCC(C)S(C)=O. The highest BCUT2D eigenvalue weighted by atomic mass is 35.5. The van der Waals surface area contributed by atoms with Crippen LogP contribution in [0.1, 0.15) is 19.2 Å². The number of hydrogen-bond acceptors (Lipinski definition) is 5. The number of aryl methyl sites for hydroxylation is 1. The average Bonchev–Trinajstić information content (AvgIpc) is 2.82. The van der Waals surface area contributed by atoms with E-state index in [9.17, 15) is 4.21 Å². The smallest absolute Gasteiger partial charge is 0.245 e. The van der Waals surface area contributed by atoms with Gasteiger partial charge in [-0.05, 0) is 6.42 Å². The van der Waals surface area contributed by atoms with Crippen molar-refractivity contribution in [2.24, 2.45) is 0 Å². The van der Waals surface area contributed by atoms with Gasteiger partial charge in [0.15, 0.2) is 11.2 Å². The predicted octanol–water partition coefficient (Wildman–Crippen LogP) is 1.73. The first-order chi connectivity index (χ1) is 9.58. The molecule has 0 aliphatic rings. The summed E-state index contributed by atoms with van der Waals surface area (Å²) in [6.45, 7) is 2.63. The lowest BCUT2D eigenvalue weighted by molar-refractivity contribution is 0.401. The molecule has 0 aromatic carbocycles. The Kier molecular flexibility index (Phi) is 4.93. The Morgan fingerprint density at radius 3 is 2.85 bits per heavy atom. The minimum Gasteiger partial charge on any atom is -0.479 e. The highest BCUT2D eigenvalue weighted by molar-refractivity contribution is 7.84. The van der Waals surface area contributed by atoms with Crippen molar-refractivity contribution in [1.82, 2.24) is 19.5 Å². The Morgan fingerprint density at radius 2 is 2.25 bits per heavy atom. The van der Waals surface area contributed by atoms with Crippen LogP contribution in [0, 0.1) is 0 Å². The van der Waals surface area contributed by atoms with E-state index in [2.05, 4.69) is 15.0 Å². The number of ether oxygens (including phenoxy) is 1. The van der Waals surface area contributed by atoms with Crippen molar-refractivity contribution in [3.8, 4) is 5.88 Å². The van der Waals surface area contributed by atoms with Gasteiger partial charge in [-0.25, -0.2) is 9.97 Å². The molecule has 0 bridgehead atoms. The Bertz CT molecular complexity index is 631. The highest BCUT2D eigenvalue weighted by Crippen LogP contribution is 2.23. The molecule has 2 heterocycles. The van der Waals surface area contributed by atoms with Crippen LogP contribution in [-0.2, 0) is 23.2 Å². The third-order valence-electron chi connectivity index (χ3n) is 3.22. The fourth-order valence-corrected chi connectivity index (χ4v) is 2.57. The summed E-state index contributed by atoms with van der Waals surface area (Å²) in [5.74, 6) is 1.44. The number of halogens is 1. The maximum absolute atomic E-state index is 11.4. The molecule has 0 spiro atoms. The molecular weight excluding hydrogens is 300 g/mol. The third kappa shape index (κ3) is 2.93. The summed E-state index contributed by atoms with van der Waals surface area (Å²) in [6, 6.07) is 0. The molecule has 110 valence electrons. The van der Waals surface area contributed by atoms with Gasteiger partial charge in [0, 0.05) is 28.9 Å².